The maximum absolute atomic E-state index is 13.8. The Morgan fingerprint density at radius 3 is 2.47 bits per heavy atom. The van der Waals surface area contributed by atoms with Crippen molar-refractivity contribution in [1.82, 2.24) is 24.4 Å². The number of fused-ring (bicyclic) bond motifs is 1. The van der Waals surface area contributed by atoms with Crippen molar-refractivity contribution in [2.24, 2.45) is 0 Å². The molecule has 0 radical (unpaired) electrons. The van der Waals surface area contributed by atoms with Crippen LogP contribution in [-0.2, 0) is 6.54 Å². The number of nitrogens with zero attached hydrogens (tertiary/aromatic N) is 5. The Kier molecular flexibility index (Phi) is 6.38. The molecular weight excluding hydrogens is 516 g/mol. The Labute approximate surface area is 212 Å². The summed E-state index contributed by atoms with van der Waals surface area (Å²) in [4.78, 5) is 17.4. The molecule has 0 aliphatic heterocycles. The highest BCUT2D eigenvalue weighted by atomic mass is 35.5. The molecule has 3 aromatic heterocycles. The van der Waals surface area contributed by atoms with E-state index in [1.807, 2.05) is 0 Å². The van der Waals surface area contributed by atoms with E-state index in [9.17, 15) is 18.0 Å². The van der Waals surface area contributed by atoms with Gasteiger partial charge in [-0.15, -0.1) is 0 Å². The van der Waals surface area contributed by atoms with Crippen LogP contribution in [0.15, 0.2) is 67.0 Å². The number of halogens is 5. The van der Waals surface area contributed by atoms with Crippen LogP contribution in [0, 0.1) is 5.82 Å². The molecule has 2 aromatic carbocycles. The Morgan fingerprint density at radius 2 is 1.78 bits per heavy atom. The Hall–Kier alpha value is -3.89. The number of rotatable bonds is 6. The maximum atomic E-state index is 13.8. The Bertz CT molecular complexity index is 1560. The molecule has 5 rings (SSSR count). The molecule has 1 N–H and O–H groups in total. The van der Waals surface area contributed by atoms with Gasteiger partial charge in [-0.2, -0.15) is 10.2 Å². The number of carbonyl (C=O) groups is 1. The first-order chi connectivity index (χ1) is 17.3. The molecule has 182 valence electrons. The fraction of sp³-hybridized carbons (Fsp3) is 0.0833. The zero-order valence-electron chi connectivity index (χ0n) is 18.2. The van der Waals surface area contributed by atoms with Gasteiger partial charge in [0, 0.05) is 33.4 Å². The maximum Gasteiger partial charge on any atom is 0.280 e. The summed E-state index contributed by atoms with van der Waals surface area (Å²) in [5.41, 5.74) is 0.649. The predicted molar refractivity (Wildman–Crippen MR) is 129 cm³/mol. The molecule has 3 heterocycles. The third-order valence-electron chi connectivity index (χ3n) is 5.37. The molecule has 0 saturated heterocycles. The summed E-state index contributed by atoms with van der Waals surface area (Å²) in [7, 11) is 0. The summed E-state index contributed by atoms with van der Waals surface area (Å²) in [5, 5.41) is 11.8. The second kappa shape index (κ2) is 9.63. The van der Waals surface area contributed by atoms with Gasteiger partial charge in [-0.3, -0.25) is 9.48 Å². The van der Waals surface area contributed by atoms with Crippen LogP contribution < -0.4 is 5.32 Å². The van der Waals surface area contributed by atoms with Crippen LogP contribution >= 0.6 is 23.2 Å². The summed E-state index contributed by atoms with van der Waals surface area (Å²) in [6.07, 6.45) is -0.109. The Balaban J connectivity index is 1.44. The molecule has 0 spiro atoms. The van der Waals surface area contributed by atoms with Gasteiger partial charge in [-0.05, 0) is 42.5 Å². The summed E-state index contributed by atoms with van der Waals surface area (Å²) >= 11 is 12.4. The van der Waals surface area contributed by atoms with Gasteiger partial charge < -0.3 is 5.32 Å². The van der Waals surface area contributed by atoms with Gasteiger partial charge >= 0.3 is 0 Å². The SMILES string of the molecule is O=C(Nc1ccn(Cc2c(Cl)cccc2Cl)n1)c1cnn2c(C(F)F)cc(-c3ccc(F)cc3)nc12. The van der Waals surface area contributed by atoms with Crippen LogP contribution in [0.5, 0.6) is 0 Å². The van der Waals surface area contributed by atoms with E-state index < -0.39 is 23.8 Å². The van der Waals surface area contributed by atoms with Gasteiger partial charge in [0.2, 0.25) is 0 Å². The number of alkyl halides is 2. The first-order valence-corrected chi connectivity index (χ1v) is 11.3. The lowest BCUT2D eigenvalue weighted by Crippen LogP contribution is -2.13. The average Bonchev–Trinajstić information content (AvgIpc) is 3.48. The molecule has 0 atom stereocenters. The summed E-state index contributed by atoms with van der Waals surface area (Å²) in [6.45, 7) is 0.269. The van der Waals surface area contributed by atoms with Crippen LogP contribution in [0.25, 0.3) is 16.9 Å². The molecule has 1 amide bonds. The zero-order valence-corrected chi connectivity index (χ0v) is 19.7. The normalized spacial score (nSPS) is 11.4. The van der Waals surface area contributed by atoms with Crippen LogP contribution in [0.4, 0.5) is 19.0 Å². The molecule has 0 aliphatic carbocycles. The minimum Gasteiger partial charge on any atom is -0.305 e. The van der Waals surface area contributed by atoms with E-state index in [0.29, 0.717) is 21.2 Å². The average molecular weight is 531 g/mol. The van der Waals surface area contributed by atoms with Crippen molar-refractivity contribution in [2.75, 3.05) is 5.32 Å². The molecule has 0 saturated carbocycles. The van der Waals surface area contributed by atoms with Crippen molar-refractivity contribution in [3.63, 3.8) is 0 Å². The van der Waals surface area contributed by atoms with Crippen LogP contribution in [0.3, 0.4) is 0 Å². The van der Waals surface area contributed by atoms with Gasteiger partial charge in [0.15, 0.2) is 11.5 Å². The molecule has 36 heavy (non-hydrogen) atoms. The zero-order chi connectivity index (χ0) is 25.4. The number of nitrogens with one attached hydrogen (secondary N) is 1. The number of carbonyl (C=O) groups excluding carboxylic acids is 1. The van der Waals surface area contributed by atoms with Gasteiger partial charge in [0.05, 0.1) is 18.4 Å². The minimum atomic E-state index is -2.89. The van der Waals surface area contributed by atoms with Gasteiger partial charge in [0.1, 0.15) is 17.1 Å². The fourth-order valence-corrected chi connectivity index (χ4v) is 4.13. The van der Waals surface area contributed by atoms with Crippen molar-refractivity contribution in [2.45, 2.75) is 13.0 Å². The molecule has 7 nitrogen and oxygen atoms in total. The monoisotopic (exact) mass is 530 g/mol. The lowest BCUT2D eigenvalue weighted by atomic mass is 10.1. The van der Waals surface area contributed by atoms with Crippen LogP contribution in [0.2, 0.25) is 10.0 Å². The van der Waals surface area contributed by atoms with Gasteiger partial charge in [-0.1, -0.05) is 29.3 Å². The number of hydrogen-bond donors (Lipinski definition) is 1. The molecule has 0 bridgehead atoms. The number of benzene rings is 2. The Morgan fingerprint density at radius 1 is 1.06 bits per heavy atom. The largest absolute Gasteiger partial charge is 0.305 e. The van der Waals surface area contributed by atoms with Crippen LogP contribution in [-0.4, -0.2) is 30.3 Å². The lowest BCUT2D eigenvalue weighted by molar-refractivity contribution is 0.102. The highest BCUT2D eigenvalue weighted by Crippen LogP contribution is 2.28. The van der Waals surface area contributed by atoms with E-state index in [0.717, 1.165) is 16.8 Å². The number of aromatic nitrogens is 5. The quantitative estimate of drug-likeness (QED) is 0.280. The highest BCUT2D eigenvalue weighted by Gasteiger charge is 2.22. The third kappa shape index (κ3) is 4.65. The van der Waals surface area contributed by atoms with Gasteiger partial charge in [-0.25, -0.2) is 22.7 Å². The van der Waals surface area contributed by atoms with Crippen LogP contribution in [0.1, 0.15) is 28.0 Å². The smallest absolute Gasteiger partial charge is 0.280 e. The molecule has 0 unspecified atom stereocenters. The number of anilines is 1. The van der Waals surface area contributed by atoms with E-state index in [-0.39, 0.29) is 29.3 Å². The predicted octanol–water partition coefficient (Wildman–Crippen LogP) is 6.28. The standard InChI is InChI=1S/C24H15Cl2F3N6O/c25-17-2-1-3-18(26)16(17)12-34-9-8-21(33-34)32-24(36)15-11-30-35-20(22(28)29)10-19(31-23(15)35)13-4-6-14(27)7-5-13/h1-11,22H,12H2,(H,32,33,36). The minimum absolute atomic E-state index is 0.0374. The van der Waals surface area contributed by atoms with Crippen molar-refractivity contribution in [3.8, 4) is 11.3 Å². The second-order valence-corrected chi connectivity index (χ2v) is 8.53. The first-order valence-electron chi connectivity index (χ1n) is 10.5. The summed E-state index contributed by atoms with van der Waals surface area (Å²) in [6, 6.07) is 13.1. The molecule has 0 aliphatic rings. The van der Waals surface area contributed by atoms with E-state index in [4.69, 9.17) is 23.2 Å². The third-order valence-corrected chi connectivity index (χ3v) is 6.08. The lowest BCUT2D eigenvalue weighted by Gasteiger charge is -2.09. The second-order valence-electron chi connectivity index (χ2n) is 7.72. The van der Waals surface area contributed by atoms with E-state index in [1.165, 1.54) is 24.3 Å². The van der Waals surface area contributed by atoms with Crippen molar-refractivity contribution in [1.29, 1.82) is 0 Å². The summed E-state index contributed by atoms with van der Waals surface area (Å²) in [5.74, 6) is -0.907. The molecule has 12 heteroatoms. The molecule has 0 fully saturated rings. The first kappa shape index (κ1) is 23.8. The van der Waals surface area contributed by atoms with E-state index in [2.05, 4.69) is 20.5 Å². The number of amides is 1. The van der Waals surface area contributed by atoms with Crippen molar-refractivity contribution in [3.05, 3.63) is 99.7 Å². The van der Waals surface area contributed by atoms with Gasteiger partial charge in [0.25, 0.3) is 12.3 Å². The van der Waals surface area contributed by atoms with E-state index in [1.54, 1.807) is 35.1 Å². The fourth-order valence-electron chi connectivity index (χ4n) is 3.62. The van der Waals surface area contributed by atoms with Crippen molar-refractivity contribution >= 4 is 40.6 Å². The topological polar surface area (TPSA) is 77.1 Å². The molecule has 5 aromatic rings. The van der Waals surface area contributed by atoms with Crippen molar-refractivity contribution < 1.29 is 18.0 Å². The number of hydrogen-bond acceptors (Lipinski definition) is 4. The van der Waals surface area contributed by atoms with E-state index >= 15 is 0 Å². The highest BCUT2D eigenvalue weighted by molar-refractivity contribution is 6.36. The molecular formula is C24H15Cl2F3N6O. The summed E-state index contributed by atoms with van der Waals surface area (Å²) < 4.78 is 43.3.